The molecule has 2 saturated heterocycles. The van der Waals surface area contributed by atoms with Crippen LogP contribution < -0.4 is 37.2 Å². The molecule has 2 heterocycles. The fourth-order valence-corrected chi connectivity index (χ4v) is 7.55. The monoisotopic (exact) mass is 781 g/mol. The number of aliphatic carboxylic acids is 1. The summed E-state index contributed by atoms with van der Waals surface area (Å²) in [4.78, 5) is 60.3. The minimum Gasteiger partial charge on any atom is -0.480 e. The Kier molecular flexibility index (Phi) is 20.3. The fraction of sp³-hybridized carbons (Fsp3) is 0.657. The molecule has 3 rings (SSSR count). The van der Waals surface area contributed by atoms with E-state index < -0.39 is 23.8 Å². The third-order valence-electron chi connectivity index (χ3n) is 8.32. The highest BCUT2D eigenvalue weighted by Gasteiger charge is 2.42. The van der Waals surface area contributed by atoms with Crippen molar-refractivity contribution < 1.29 is 43.3 Å². The van der Waals surface area contributed by atoms with Crippen LogP contribution in [0.25, 0.3) is 0 Å². The first kappa shape index (κ1) is 43.7. The number of anilines is 1. The Labute approximate surface area is 320 Å². The average molecular weight is 782 g/mol. The number of ether oxygens (including phenoxy) is 3. The van der Waals surface area contributed by atoms with Gasteiger partial charge in [0.25, 0.3) is 5.91 Å². The molecule has 0 saturated carbocycles. The maximum atomic E-state index is 12.6. The van der Waals surface area contributed by atoms with Gasteiger partial charge >= 0.3 is 12.0 Å². The average Bonchev–Trinajstić information content (AvgIpc) is 3.66. The van der Waals surface area contributed by atoms with Gasteiger partial charge in [0, 0.05) is 61.5 Å². The molecule has 0 aromatic heterocycles. The molecule has 1 aromatic rings. The quantitative estimate of drug-likeness (QED) is 0.0382. The van der Waals surface area contributed by atoms with E-state index in [1.165, 1.54) is 0 Å². The summed E-state index contributed by atoms with van der Waals surface area (Å²) in [6.07, 6.45) is 3.21. The van der Waals surface area contributed by atoms with Gasteiger partial charge in [-0.1, -0.05) is 6.42 Å². The largest absolute Gasteiger partial charge is 0.480 e. The predicted molar refractivity (Wildman–Crippen MR) is 206 cm³/mol. The van der Waals surface area contributed by atoms with Crippen LogP contribution in [0, 0.1) is 6.92 Å². The minimum absolute atomic E-state index is 0.109. The molecule has 4 unspecified atom stereocenters. The van der Waals surface area contributed by atoms with E-state index >= 15 is 0 Å². The number of thioether (sulfide) groups is 1. The summed E-state index contributed by atoms with van der Waals surface area (Å²) in [5, 5.41) is 30.3. The number of nitrogens with one attached hydrogen (secondary N) is 7. The van der Waals surface area contributed by atoms with Gasteiger partial charge in [0.2, 0.25) is 11.8 Å². The third-order valence-corrected chi connectivity index (χ3v) is 10.1. The van der Waals surface area contributed by atoms with Crippen LogP contribution in [0.3, 0.4) is 0 Å². The van der Waals surface area contributed by atoms with Crippen molar-refractivity contribution in [1.82, 2.24) is 31.9 Å². The molecule has 0 radical (unpaired) electrons. The number of thiocarbonyl (C=S) groups is 1. The molecular formula is C35H55N7O9S2. The molecular weight excluding hydrogens is 727 g/mol. The summed E-state index contributed by atoms with van der Waals surface area (Å²) in [7, 11) is 0. The van der Waals surface area contributed by atoms with Crippen molar-refractivity contribution >= 4 is 64.5 Å². The number of urea groups is 1. The van der Waals surface area contributed by atoms with Crippen molar-refractivity contribution in [3.63, 3.8) is 0 Å². The Morgan fingerprint density at radius 1 is 0.906 bits per heavy atom. The van der Waals surface area contributed by atoms with Crippen molar-refractivity contribution in [2.45, 2.75) is 82.2 Å². The molecule has 8 N–H and O–H groups in total. The SMILES string of the molecule is CCNC(=S)Nc1cc(C)cc(C(=O)NCCCOCCOCCOCCCNC(=O)CC(NC(=O)CCCCC2SCC3NC(=O)NC32)C(=O)O)c1. The normalized spacial score (nSPS) is 17.9. The zero-order valence-corrected chi connectivity index (χ0v) is 32.2. The summed E-state index contributed by atoms with van der Waals surface area (Å²) in [6.45, 7) is 7.80. The molecule has 2 fully saturated rings. The standard InChI is InChI=1S/C35H55N7O9S2/c1-3-36-35(52)39-25-19-23(2)18-24(20-25)32(45)38-11-7-13-50-15-17-51-16-14-49-12-6-10-37-30(44)21-26(33(46)47)40-29(43)9-5-4-8-28-31-27(22-53-28)41-34(48)42-31/h18-20,26-28,31H,3-17,21-22H2,1-2H3,(H,37,44)(H,38,45)(H,40,43)(H,46,47)(H2,36,39,52)(H2,41,42,48). The second kappa shape index (κ2) is 24.6. The van der Waals surface area contributed by atoms with Gasteiger partial charge in [0.05, 0.1) is 44.9 Å². The van der Waals surface area contributed by atoms with Crippen molar-refractivity contribution in [3.05, 3.63) is 29.3 Å². The number of unbranched alkanes of at least 4 members (excludes halogenated alkanes) is 1. The summed E-state index contributed by atoms with van der Waals surface area (Å²) in [5.74, 6) is -1.44. The van der Waals surface area contributed by atoms with Gasteiger partial charge in [-0.25, -0.2) is 9.59 Å². The maximum absolute atomic E-state index is 12.6. The first-order valence-corrected chi connectivity index (χ1v) is 19.7. The van der Waals surface area contributed by atoms with E-state index in [1.54, 1.807) is 17.8 Å². The van der Waals surface area contributed by atoms with Crippen LogP contribution in [0.4, 0.5) is 10.5 Å². The Bertz CT molecular complexity index is 1370. The molecule has 5 amide bonds. The zero-order chi connectivity index (χ0) is 38.4. The lowest BCUT2D eigenvalue weighted by Gasteiger charge is -2.17. The molecule has 0 bridgehead atoms. The first-order chi connectivity index (χ1) is 25.5. The minimum atomic E-state index is -1.30. The maximum Gasteiger partial charge on any atom is 0.326 e. The van der Waals surface area contributed by atoms with E-state index in [2.05, 4.69) is 37.2 Å². The van der Waals surface area contributed by atoms with Crippen molar-refractivity contribution in [2.75, 3.05) is 70.3 Å². The number of carbonyl (C=O) groups excluding carboxylic acids is 4. The van der Waals surface area contributed by atoms with E-state index in [0.717, 1.165) is 29.8 Å². The van der Waals surface area contributed by atoms with Crippen LogP contribution in [0.2, 0.25) is 0 Å². The van der Waals surface area contributed by atoms with Gasteiger partial charge in [-0.05, 0) is 75.5 Å². The number of amides is 5. The van der Waals surface area contributed by atoms with E-state index in [-0.39, 0.29) is 36.9 Å². The molecule has 53 heavy (non-hydrogen) atoms. The first-order valence-electron chi connectivity index (χ1n) is 18.2. The smallest absolute Gasteiger partial charge is 0.326 e. The lowest BCUT2D eigenvalue weighted by molar-refractivity contribution is -0.143. The Balaban J connectivity index is 1.11. The van der Waals surface area contributed by atoms with Crippen LogP contribution >= 0.6 is 24.0 Å². The Hall–Kier alpha value is -3.71. The molecule has 1 aromatic carbocycles. The highest BCUT2D eigenvalue weighted by Crippen LogP contribution is 2.33. The van der Waals surface area contributed by atoms with Gasteiger partial charge < -0.3 is 56.5 Å². The zero-order valence-electron chi connectivity index (χ0n) is 30.6. The fourth-order valence-electron chi connectivity index (χ4n) is 5.74. The number of fused-ring (bicyclic) bond motifs is 1. The number of hydrogen-bond donors (Lipinski definition) is 8. The summed E-state index contributed by atoms with van der Waals surface area (Å²) in [5.41, 5.74) is 2.25. The van der Waals surface area contributed by atoms with Crippen molar-refractivity contribution in [2.24, 2.45) is 0 Å². The van der Waals surface area contributed by atoms with Crippen LogP contribution in [0.5, 0.6) is 0 Å². The summed E-state index contributed by atoms with van der Waals surface area (Å²) >= 11 is 7.03. The predicted octanol–water partition coefficient (Wildman–Crippen LogP) is 1.66. The van der Waals surface area contributed by atoms with Crippen LogP contribution in [-0.2, 0) is 28.6 Å². The van der Waals surface area contributed by atoms with Crippen molar-refractivity contribution in [1.29, 1.82) is 0 Å². The Morgan fingerprint density at radius 3 is 2.26 bits per heavy atom. The summed E-state index contributed by atoms with van der Waals surface area (Å²) in [6, 6.07) is 4.33. The molecule has 0 spiro atoms. The van der Waals surface area contributed by atoms with Gasteiger partial charge in [-0.3, -0.25) is 14.4 Å². The van der Waals surface area contributed by atoms with E-state index in [4.69, 9.17) is 26.4 Å². The van der Waals surface area contributed by atoms with Crippen LogP contribution in [0.1, 0.15) is 67.8 Å². The van der Waals surface area contributed by atoms with E-state index in [0.29, 0.717) is 94.5 Å². The van der Waals surface area contributed by atoms with Gasteiger partial charge in [-0.15, -0.1) is 0 Å². The molecule has 18 heteroatoms. The van der Waals surface area contributed by atoms with Gasteiger partial charge in [0.15, 0.2) is 5.11 Å². The number of benzene rings is 1. The second-order valence-corrected chi connectivity index (χ2v) is 14.4. The Morgan fingerprint density at radius 2 is 1.58 bits per heavy atom. The molecule has 2 aliphatic heterocycles. The lowest BCUT2D eigenvalue weighted by Crippen LogP contribution is -2.44. The van der Waals surface area contributed by atoms with E-state index in [9.17, 15) is 29.1 Å². The molecule has 296 valence electrons. The van der Waals surface area contributed by atoms with Gasteiger partial charge in [-0.2, -0.15) is 11.8 Å². The third kappa shape index (κ3) is 17.3. The molecule has 0 aliphatic carbocycles. The van der Waals surface area contributed by atoms with Crippen LogP contribution in [-0.4, -0.2) is 128 Å². The highest BCUT2D eigenvalue weighted by molar-refractivity contribution is 8.00. The number of carboxylic acids is 1. The highest BCUT2D eigenvalue weighted by atomic mass is 32.2. The number of rotatable bonds is 26. The van der Waals surface area contributed by atoms with Crippen LogP contribution in [0.15, 0.2) is 18.2 Å². The number of carbonyl (C=O) groups is 5. The second-order valence-electron chi connectivity index (χ2n) is 12.8. The molecule has 16 nitrogen and oxygen atoms in total. The van der Waals surface area contributed by atoms with Gasteiger partial charge in [0.1, 0.15) is 6.04 Å². The molecule has 2 aliphatic rings. The number of hydrogen-bond acceptors (Lipinski definition) is 10. The lowest BCUT2D eigenvalue weighted by atomic mass is 10.0. The molecule has 4 atom stereocenters. The number of aryl methyl sites for hydroxylation is 1. The summed E-state index contributed by atoms with van der Waals surface area (Å²) < 4.78 is 16.6. The van der Waals surface area contributed by atoms with E-state index in [1.807, 2.05) is 26.0 Å². The van der Waals surface area contributed by atoms with Crippen molar-refractivity contribution in [3.8, 4) is 0 Å². The topological polar surface area (TPSA) is 217 Å². The number of carboxylic acid groups (broad SMARTS) is 1.